The van der Waals surface area contributed by atoms with E-state index in [1.807, 2.05) is 26.8 Å². The molecule has 0 spiro atoms. The summed E-state index contributed by atoms with van der Waals surface area (Å²) in [4.78, 5) is 44.3. The second-order valence-corrected chi connectivity index (χ2v) is 20.2. The molecule has 2 bridgehead atoms. The lowest BCUT2D eigenvalue weighted by Gasteiger charge is -2.50. The van der Waals surface area contributed by atoms with E-state index < -0.39 is 47.9 Å². The average Bonchev–Trinajstić information content (AvgIpc) is 3.35. The van der Waals surface area contributed by atoms with Crippen molar-refractivity contribution in [2.75, 3.05) is 20.3 Å². The third kappa shape index (κ3) is 9.99. The Kier molecular flexibility index (Phi) is 14.7. The van der Waals surface area contributed by atoms with E-state index in [0.29, 0.717) is 41.5 Å². The number of hydrogen-bond donors (Lipinski definition) is 2. The number of aliphatic hydroxyl groups excluding tert-OH is 2. The Morgan fingerprint density at radius 3 is 2.33 bits per heavy atom. The number of rotatable bonds is 10. The minimum atomic E-state index is -1.25. The van der Waals surface area contributed by atoms with Gasteiger partial charge in [-0.3, -0.25) is 4.79 Å². The summed E-state index contributed by atoms with van der Waals surface area (Å²) < 4.78 is 32.6. The maximum Gasteiger partial charge on any atom is 0.340 e. The second kappa shape index (κ2) is 21.0. The standard InChI is InChI=1S/C59H66O10/c1-36(2)46-24-20-37-18-21-40(22-19-37)47-25-23-42(41-15-11-14-39(31-41)30-38-12-7-5-8-13-38)32-44(47)33-51(62)66-55-53-50(69-59(3,56(55)68-57(46)63)45-16-9-6-10-17-45)27-26-48-49(34-61)52(58(64)67-54(48)53)43(28-29-60)35-65-4/h5,7-8,11-15,18-19,21-23,25-27,31,42-45,47,55-56,60-61H,6,9-10,16-17,20,24,28-30,32-35H2,1-4H3. The van der Waals surface area contributed by atoms with Gasteiger partial charge in [0.15, 0.2) is 12.2 Å². The van der Waals surface area contributed by atoms with Gasteiger partial charge in [-0.1, -0.05) is 116 Å². The van der Waals surface area contributed by atoms with Crippen LogP contribution in [-0.4, -0.2) is 54.2 Å². The first-order valence-corrected chi connectivity index (χ1v) is 25.0. The highest BCUT2D eigenvalue weighted by molar-refractivity contribution is 5.90. The van der Waals surface area contributed by atoms with Crippen molar-refractivity contribution in [3.63, 3.8) is 0 Å². The van der Waals surface area contributed by atoms with Crippen molar-refractivity contribution in [1.29, 1.82) is 0 Å². The average molecular weight is 935 g/mol. The third-order valence-corrected chi connectivity index (χ3v) is 15.5. The van der Waals surface area contributed by atoms with Gasteiger partial charge in [-0.15, -0.1) is 0 Å². The first-order chi connectivity index (χ1) is 33.5. The fourth-order valence-corrected chi connectivity index (χ4v) is 11.9. The number of aliphatic hydroxyl groups is 2. The number of benzene rings is 4. The topological polar surface area (TPSA) is 142 Å². The summed E-state index contributed by atoms with van der Waals surface area (Å²) >= 11 is 0. The molecule has 1 saturated carbocycles. The quantitative estimate of drug-likeness (QED) is 0.0601. The summed E-state index contributed by atoms with van der Waals surface area (Å²) in [6.45, 7) is 5.19. The number of methoxy groups -OCH3 is 1. The molecule has 1 aromatic heterocycles. The number of hydrogen-bond acceptors (Lipinski definition) is 10. The van der Waals surface area contributed by atoms with Crippen LogP contribution in [0, 0.1) is 11.8 Å². The molecule has 7 atom stereocenters. The van der Waals surface area contributed by atoms with E-state index in [0.717, 1.165) is 55.2 Å². The number of fused-ring (bicyclic) bond motifs is 11. The highest BCUT2D eigenvalue weighted by Gasteiger charge is 2.56. The highest BCUT2D eigenvalue weighted by Crippen LogP contribution is 2.53. The van der Waals surface area contributed by atoms with Crippen LogP contribution < -0.4 is 10.4 Å². The smallest absolute Gasteiger partial charge is 0.340 e. The normalized spacial score (nSPS) is 24.7. The van der Waals surface area contributed by atoms with E-state index >= 15 is 4.79 Å². The number of allylic oxidation sites excluding steroid dienone is 3. The van der Waals surface area contributed by atoms with Crippen LogP contribution in [-0.2, 0) is 43.2 Å². The Morgan fingerprint density at radius 2 is 1.61 bits per heavy atom. The minimum Gasteiger partial charge on any atom is -0.483 e. The molecule has 4 aromatic carbocycles. The minimum absolute atomic E-state index is 0.0475. The third-order valence-electron chi connectivity index (χ3n) is 15.5. The second-order valence-electron chi connectivity index (χ2n) is 20.2. The summed E-state index contributed by atoms with van der Waals surface area (Å²) in [5.74, 6) is -1.46. The molecule has 10 nitrogen and oxygen atoms in total. The summed E-state index contributed by atoms with van der Waals surface area (Å²) in [5.41, 5.74) is 6.23. The van der Waals surface area contributed by atoms with Crippen LogP contribution in [0.2, 0.25) is 0 Å². The van der Waals surface area contributed by atoms with Gasteiger partial charge in [-0.25, -0.2) is 9.59 Å². The van der Waals surface area contributed by atoms with E-state index in [1.165, 1.54) is 23.8 Å². The fraction of sp³-hybridized carbons (Fsp3) is 0.441. The Morgan fingerprint density at radius 1 is 0.841 bits per heavy atom. The van der Waals surface area contributed by atoms with Crippen molar-refractivity contribution in [2.24, 2.45) is 11.8 Å². The van der Waals surface area contributed by atoms with E-state index in [4.69, 9.17) is 23.4 Å². The lowest BCUT2D eigenvalue weighted by Crippen LogP contribution is -2.58. The SMILES string of the molecule is COCC(CCO)c1c(CO)c2ccc3c(c2oc1=O)C1OC(=O)CC2CC(c4cccc(Cc5ccccc5)c4)C=CC2c2ccc(cc2)CCC(=C(C)C)C(=O)OC1C(C)(C1CCCCC1)O3. The van der Waals surface area contributed by atoms with Crippen molar-refractivity contribution in [3.05, 3.63) is 169 Å². The summed E-state index contributed by atoms with van der Waals surface area (Å²) in [7, 11) is 1.52. The molecule has 362 valence electrons. The van der Waals surface area contributed by atoms with Crippen LogP contribution in [0.3, 0.4) is 0 Å². The first-order valence-electron chi connectivity index (χ1n) is 25.0. The summed E-state index contributed by atoms with van der Waals surface area (Å²) in [6, 6.07) is 31.3. The molecule has 3 aliphatic heterocycles. The zero-order valence-electron chi connectivity index (χ0n) is 40.4. The molecule has 7 unspecified atom stereocenters. The van der Waals surface area contributed by atoms with E-state index in [-0.39, 0.29) is 66.4 Å². The van der Waals surface area contributed by atoms with Gasteiger partial charge in [-0.05, 0) is 117 Å². The molecule has 69 heavy (non-hydrogen) atoms. The van der Waals surface area contributed by atoms with E-state index in [1.54, 1.807) is 12.1 Å². The zero-order chi connectivity index (χ0) is 48.2. The Balaban J connectivity index is 1.18. The molecule has 1 fully saturated rings. The van der Waals surface area contributed by atoms with Gasteiger partial charge in [0.1, 0.15) is 16.9 Å². The number of esters is 2. The molecular formula is C59H66O10. The summed E-state index contributed by atoms with van der Waals surface area (Å²) in [6.07, 6.45) is 9.64. The van der Waals surface area contributed by atoms with Gasteiger partial charge in [0.25, 0.3) is 0 Å². The molecule has 10 rings (SSSR count). The molecule has 0 saturated heterocycles. The number of carbonyl (C=O) groups excluding carboxylic acids is 2. The van der Waals surface area contributed by atoms with Gasteiger partial charge in [0.05, 0.1) is 18.8 Å². The molecule has 2 N–H and O–H groups in total. The number of carbonyl (C=O) groups is 2. The van der Waals surface area contributed by atoms with Crippen LogP contribution in [0.1, 0.15) is 147 Å². The highest BCUT2D eigenvalue weighted by atomic mass is 16.6. The maximum atomic E-state index is 15.2. The molecule has 2 aliphatic carbocycles. The van der Waals surface area contributed by atoms with Gasteiger partial charge in [-0.2, -0.15) is 0 Å². The molecule has 0 radical (unpaired) electrons. The first kappa shape index (κ1) is 48.2. The lowest BCUT2D eigenvalue weighted by atomic mass is 9.71. The Labute approximate surface area is 405 Å². The van der Waals surface area contributed by atoms with Crippen LogP contribution >= 0.6 is 0 Å². The van der Waals surface area contributed by atoms with Crippen LogP contribution in [0.15, 0.2) is 124 Å². The Bertz CT molecular complexity index is 2750. The molecule has 5 aromatic rings. The van der Waals surface area contributed by atoms with Crippen molar-refractivity contribution in [3.8, 4) is 5.75 Å². The van der Waals surface area contributed by atoms with Gasteiger partial charge in [0.2, 0.25) is 0 Å². The van der Waals surface area contributed by atoms with Gasteiger partial charge < -0.3 is 33.6 Å². The van der Waals surface area contributed by atoms with E-state index in [2.05, 4.69) is 84.9 Å². The zero-order valence-corrected chi connectivity index (χ0v) is 40.4. The van der Waals surface area contributed by atoms with Crippen molar-refractivity contribution in [2.45, 2.75) is 134 Å². The fourth-order valence-electron chi connectivity index (χ4n) is 11.9. The molecule has 0 amide bonds. The summed E-state index contributed by atoms with van der Waals surface area (Å²) in [5, 5.41) is 21.4. The van der Waals surface area contributed by atoms with Crippen LogP contribution in [0.5, 0.6) is 5.75 Å². The molecule has 4 heterocycles. The van der Waals surface area contributed by atoms with Crippen molar-refractivity contribution in [1.82, 2.24) is 0 Å². The van der Waals surface area contributed by atoms with Gasteiger partial charge >= 0.3 is 17.6 Å². The van der Waals surface area contributed by atoms with E-state index in [9.17, 15) is 19.8 Å². The van der Waals surface area contributed by atoms with Crippen LogP contribution in [0.4, 0.5) is 0 Å². The Hall–Kier alpha value is -5.81. The van der Waals surface area contributed by atoms with Gasteiger partial charge in [0, 0.05) is 60.3 Å². The molecule has 10 heteroatoms. The van der Waals surface area contributed by atoms with Crippen molar-refractivity contribution < 1.29 is 43.2 Å². The lowest BCUT2D eigenvalue weighted by molar-refractivity contribution is -0.201. The molecule has 5 aliphatic rings. The number of aryl methyl sites for hydroxylation is 1. The van der Waals surface area contributed by atoms with Crippen LogP contribution in [0.25, 0.3) is 11.0 Å². The monoisotopic (exact) mass is 934 g/mol. The molecular weight excluding hydrogens is 869 g/mol. The maximum absolute atomic E-state index is 15.2. The van der Waals surface area contributed by atoms with Crippen molar-refractivity contribution >= 4 is 22.9 Å². The number of ether oxygens (including phenoxy) is 4. The predicted molar refractivity (Wildman–Crippen MR) is 265 cm³/mol. The largest absolute Gasteiger partial charge is 0.483 e. The predicted octanol–water partition coefficient (Wildman–Crippen LogP) is 11.0.